The van der Waals surface area contributed by atoms with Crippen LogP contribution in [0.2, 0.25) is 5.02 Å². The van der Waals surface area contributed by atoms with E-state index in [2.05, 4.69) is 0 Å². The highest BCUT2D eigenvalue weighted by Crippen LogP contribution is 2.27. The minimum absolute atomic E-state index is 0.0789. The van der Waals surface area contributed by atoms with Gasteiger partial charge in [0.1, 0.15) is 11.6 Å². The lowest BCUT2D eigenvalue weighted by molar-refractivity contribution is -0.142. The Morgan fingerprint density at radius 1 is 1.55 bits per heavy atom. The van der Waals surface area contributed by atoms with E-state index < -0.39 is 11.9 Å². The average Bonchev–Trinajstić information content (AvgIpc) is 2.49. The molecule has 1 aliphatic rings. The van der Waals surface area contributed by atoms with Crippen LogP contribution in [0.1, 0.15) is 26.7 Å². The first-order chi connectivity index (χ1) is 10.4. The number of amides is 1. The summed E-state index contributed by atoms with van der Waals surface area (Å²) in [5.41, 5.74) is 0. The molecule has 1 amide bonds. The van der Waals surface area contributed by atoms with Crippen LogP contribution in [0, 0.1) is 11.7 Å². The first-order valence-electron chi connectivity index (χ1n) is 7.45. The summed E-state index contributed by atoms with van der Waals surface area (Å²) in [4.78, 5) is 14.3. The van der Waals surface area contributed by atoms with Gasteiger partial charge in [0.2, 0.25) is 0 Å². The molecule has 3 atom stereocenters. The van der Waals surface area contributed by atoms with E-state index in [1.54, 1.807) is 11.8 Å². The Bertz CT molecular complexity index is 540. The maximum Gasteiger partial charge on any atom is 0.263 e. The number of ether oxygens (including phenoxy) is 1. The van der Waals surface area contributed by atoms with Gasteiger partial charge < -0.3 is 14.7 Å². The van der Waals surface area contributed by atoms with Crippen molar-refractivity contribution in [1.29, 1.82) is 0 Å². The van der Waals surface area contributed by atoms with E-state index in [9.17, 15) is 14.3 Å². The average molecular weight is 330 g/mol. The van der Waals surface area contributed by atoms with Crippen molar-refractivity contribution in [2.75, 3.05) is 13.2 Å². The second-order valence-electron chi connectivity index (χ2n) is 5.80. The van der Waals surface area contributed by atoms with E-state index in [-0.39, 0.29) is 35.2 Å². The van der Waals surface area contributed by atoms with Gasteiger partial charge in [0, 0.05) is 19.2 Å². The largest absolute Gasteiger partial charge is 0.479 e. The SMILES string of the molecule is CC(Oc1ccc(F)cc1Cl)C(=O)N1CC(CO)CCC1C. The number of carbonyl (C=O) groups is 1. The number of likely N-dealkylation sites (tertiary alicyclic amines) is 1. The van der Waals surface area contributed by atoms with Crippen LogP contribution in [0.15, 0.2) is 18.2 Å². The summed E-state index contributed by atoms with van der Waals surface area (Å²) >= 11 is 5.92. The predicted molar refractivity (Wildman–Crippen MR) is 82.5 cm³/mol. The number of benzene rings is 1. The van der Waals surface area contributed by atoms with Crippen LogP contribution in [-0.2, 0) is 4.79 Å². The Kier molecular flexibility index (Phi) is 5.64. The molecule has 0 aromatic heterocycles. The van der Waals surface area contributed by atoms with Gasteiger partial charge in [-0.2, -0.15) is 0 Å². The molecule has 1 fully saturated rings. The van der Waals surface area contributed by atoms with Gasteiger partial charge in [-0.1, -0.05) is 11.6 Å². The molecule has 4 nitrogen and oxygen atoms in total. The number of nitrogens with zero attached hydrogens (tertiary/aromatic N) is 1. The van der Waals surface area contributed by atoms with Crippen LogP contribution < -0.4 is 4.74 Å². The van der Waals surface area contributed by atoms with E-state index in [4.69, 9.17) is 16.3 Å². The maximum absolute atomic E-state index is 13.0. The first kappa shape index (κ1) is 17.0. The van der Waals surface area contributed by atoms with E-state index in [1.807, 2.05) is 6.92 Å². The van der Waals surface area contributed by atoms with Crippen molar-refractivity contribution in [2.45, 2.75) is 38.8 Å². The van der Waals surface area contributed by atoms with Crippen LogP contribution in [0.4, 0.5) is 4.39 Å². The molecule has 0 bridgehead atoms. The molecule has 22 heavy (non-hydrogen) atoms. The Labute approximate surface area is 134 Å². The number of hydrogen-bond donors (Lipinski definition) is 1. The summed E-state index contributed by atoms with van der Waals surface area (Å²) in [5.74, 6) is -0.202. The molecule has 3 unspecified atom stereocenters. The third kappa shape index (κ3) is 3.90. The molecule has 1 aliphatic heterocycles. The van der Waals surface area contributed by atoms with Gasteiger partial charge in [0.25, 0.3) is 5.91 Å². The van der Waals surface area contributed by atoms with Crippen LogP contribution in [0.5, 0.6) is 5.75 Å². The lowest BCUT2D eigenvalue weighted by Crippen LogP contribution is -2.50. The van der Waals surface area contributed by atoms with Crippen LogP contribution >= 0.6 is 11.6 Å². The smallest absolute Gasteiger partial charge is 0.263 e. The van der Waals surface area contributed by atoms with E-state index in [0.29, 0.717) is 6.54 Å². The van der Waals surface area contributed by atoms with Crippen molar-refractivity contribution in [3.05, 3.63) is 29.0 Å². The van der Waals surface area contributed by atoms with Crippen LogP contribution in [0.3, 0.4) is 0 Å². The van der Waals surface area contributed by atoms with Crippen molar-refractivity contribution < 1.29 is 19.0 Å². The first-order valence-corrected chi connectivity index (χ1v) is 7.83. The molecule has 6 heteroatoms. The van der Waals surface area contributed by atoms with Gasteiger partial charge in [-0.25, -0.2) is 4.39 Å². The van der Waals surface area contributed by atoms with Gasteiger partial charge >= 0.3 is 0 Å². The number of hydrogen-bond acceptors (Lipinski definition) is 3. The molecule has 1 aromatic carbocycles. The van der Waals surface area contributed by atoms with Crippen molar-refractivity contribution in [3.8, 4) is 5.75 Å². The molecular formula is C16H21ClFNO3. The number of halogens is 2. The molecule has 1 aromatic rings. The molecule has 1 N–H and O–H groups in total. The monoisotopic (exact) mass is 329 g/mol. The fourth-order valence-corrected chi connectivity index (χ4v) is 2.90. The Morgan fingerprint density at radius 3 is 2.91 bits per heavy atom. The highest BCUT2D eigenvalue weighted by Gasteiger charge is 2.32. The summed E-state index contributed by atoms with van der Waals surface area (Å²) in [7, 11) is 0. The summed E-state index contributed by atoms with van der Waals surface area (Å²) < 4.78 is 18.6. The quantitative estimate of drug-likeness (QED) is 0.924. The highest BCUT2D eigenvalue weighted by molar-refractivity contribution is 6.32. The molecular weight excluding hydrogens is 309 g/mol. The molecule has 2 rings (SSSR count). The standard InChI is InChI=1S/C16H21ClFNO3/c1-10-3-4-12(9-20)8-19(10)16(21)11(2)22-15-6-5-13(18)7-14(15)17/h5-7,10-12,20H,3-4,8-9H2,1-2H3. The van der Waals surface area contributed by atoms with Gasteiger partial charge in [-0.05, 0) is 50.8 Å². The molecule has 0 aliphatic carbocycles. The summed E-state index contributed by atoms with van der Waals surface area (Å²) in [6.45, 7) is 4.25. The van der Waals surface area contributed by atoms with Crippen molar-refractivity contribution in [2.24, 2.45) is 5.92 Å². The van der Waals surface area contributed by atoms with E-state index >= 15 is 0 Å². The molecule has 1 saturated heterocycles. The van der Waals surface area contributed by atoms with Crippen molar-refractivity contribution in [1.82, 2.24) is 4.90 Å². The maximum atomic E-state index is 13.0. The Morgan fingerprint density at radius 2 is 2.27 bits per heavy atom. The predicted octanol–water partition coefficient (Wildman–Crippen LogP) is 2.87. The van der Waals surface area contributed by atoms with Crippen LogP contribution in [0.25, 0.3) is 0 Å². The normalized spacial score (nSPS) is 23.2. The lowest BCUT2D eigenvalue weighted by atomic mass is 9.93. The number of piperidine rings is 1. The van der Waals surface area contributed by atoms with Crippen molar-refractivity contribution >= 4 is 17.5 Å². The molecule has 1 heterocycles. The number of aliphatic hydroxyl groups is 1. The lowest BCUT2D eigenvalue weighted by Gasteiger charge is -2.38. The number of aliphatic hydroxyl groups excluding tert-OH is 1. The zero-order chi connectivity index (χ0) is 16.3. The van der Waals surface area contributed by atoms with Gasteiger partial charge in [-0.3, -0.25) is 4.79 Å². The fraction of sp³-hybridized carbons (Fsp3) is 0.562. The second kappa shape index (κ2) is 7.29. The number of rotatable bonds is 4. The number of carbonyl (C=O) groups excluding carboxylic acids is 1. The van der Waals surface area contributed by atoms with Crippen LogP contribution in [-0.4, -0.2) is 41.2 Å². The molecule has 122 valence electrons. The fourth-order valence-electron chi connectivity index (χ4n) is 2.68. The zero-order valence-electron chi connectivity index (χ0n) is 12.8. The summed E-state index contributed by atoms with van der Waals surface area (Å²) in [6, 6.07) is 3.92. The minimum atomic E-state index is -0.720. The minimum Gasteiger partial charge on any atom is -0.479 e. The third-order valence-corrected chi connectivity index (χ3v) is 4.36. The highest BCUT2D eigenvalue weighted by atomic mass is 35.5. The molecule has 0 radical (unpaired) electrons. The molecule has 0 spiro atoms. The van der Waals surface area contributed by atoms with Crippen molar-refractivity contribution in [3.63, 3.8) is 0 Å². The van der Waals surface area contributed by atoms with Gasteiger partial charge in [0.05, 0.1) is 5.02 Å². The topological polar surface area (TPSA) is 49.8 Å². The Hall–Kier alpha value is -1.33. The van der Waals surface area contributed by atoms with E-state index in [0.717, 1.165) is 18.9 Å². The third-order valence-electron chi connectivity index (χ3n) is 4.07. The Balaban J connectivity index is 2.04. The van der Waals surface area contributed by atoms with Gasteiger partial charge in [0.15, 0.2) is 6.10 Å². The summed E-state index contributed by atoms with van der Waals surface area (Å²) in [6.07, 6.45) is 1.06. The molecule has 0 saturated carbocycles. The van der Waals surface area contributed by atoms with Gasteiger partial charge in [-0.15, -0.1) is 0 Å². The summed E-state index contributed by atoms with van der Waals surface area (Å²) in [5, 5.41) is 9.43. The van der Waals surface area contributed by atoms with E-state index in [1.165, 1.54) is 12.1 Å². The second-order valence-corrected chi connectivity index (χ2v) is 6.21. The zero-order valence-corrected chi connectivity index (χ0v) is 13.5.